The van der Waals surface area contributed by atoms with E-state index in [4.69, 9.17) is 4.74 Å². The number of sulfonamides is 1. The molecule has 29 heavy (non-hydrogen) atoms. The molecule has 0 N–H and O–H groups in total. The van der Waals surface area contributed by atoms with Gasteiger partial charge in [0.15, 0.2) is 0 Å². The number of carbonyl (C=O) groups excluding carboxylic acids is 1. The van der Waals surface area contributed by atoms with Crippen molar-refractivity contribution in [3.05, 3.63) is 59.2 Å². The summed E-state index contributed by atoms with van der Waals surface area (Å²) in [6.45, 7) is 7.76. The number of nitrogens with zero attached hydrogens (tertiary/aromatic N) is 2. The van der Waals surface area contributed by atoms with Crippen LogP contribution < -0.4 is 4.74 Å². The Bertz CT molecular complexity index is 963. The lowest BCUT2D eigenvalue weighted by Crippen LogP contribution is -2.50. The first-order valence-corrected chi connectivity index (χ1v) is 11.4. The molecule has 1 amide bonds. The molecule has 1 aliphatic heterocycles. The Morgan fingerprint density at radius 3 is 2.24 bits per heavy atom. The van der Waals surface area contributed by atoms with Gasteiger partial charge in [0.1, 0.15) is 5.75 Å². The minimum absolute atomic E-state index is 0.0874. The Balaban J connectivity index is 1.64. The molecular formula is C22H28N2O4S. The van der Waals surface area contributed by atoms with E-state index >= 15 is 0 Å². The predicted octanol–water partition coefficient (Wildman–Crippen LogP) is 3.24. The Morgan fingerprint density at radius 1 is 1.00 bits per heavy atom. The summed E-state index contributed by atoms with van der Waals surface area (Å²) in [5.74, 6) is 0.656. The number of benzene rings is 2. The average Bonchev–Trinajstić information content (AvgIpc) is 2.72. The highest BCUT2D eigenvalue weighted by Gasteiger charge is 2.31. The fourth-order valence-electron chi connectivity index (χ4n) is 3.46. The Kier molecular flexibility index (Phi) is 6.59. The van der Waals surface area contributed by atoms with Gasteiger partial charge in [-0.25, -0.2) is 8.42 Å². The number of piperazine rings is 1. The van der Waals surface area contributed by atoms with Crippen LogP contribution in [0.2, 0.25) is 0 Å². The van der Waals surface area contributed by atoms with Gasteiger partial charge in [0.05, 0.1) is 11.5 Å². The van der Waals surface area contributed by atoms with Gasteiger partial charge >= 0.3 is 0 Å². The number of aryl methyl sites for hydroxylation is 2. The summed E-state index contributed by atoms with van der Waals surface area (Å²) >= 11 is 0. The van der Waals surface area contributed by atoms with Crippen molar-refractivity contribution < 1.29 is 17.9 Å². The van der Waals surface area contributed by atoms with E-state index in [0.29, 0.717) is 43.2 Å². The van der Waals surface area contributed by atoms with E-state index in [2.05, 4.69) is 0 Å². The molecule has 3 rings (SSSR count). The maximum Gasteiger partial charge on any atom is 0.253 e. The molecule has 1 saturated heterocycles. The predicted molar refractivity (Wildman–Crippen MR) is 113 cm³/mol. The number of ether oxygens (including phenoxy) is 1. The molecule has 6 nitrogen and oxygen atoms in total. The largest absolute Gasteiger partial charge is 0.494 e. The standard InChI is InChI=1S/C22H28N2O4S/c1-4-15-28-20-8-6-19(7-9-20)22(25)23-11-13-24(14-12-23)29(26,27)21-10-5-17(2)16-18(21)3/h5-10,16H,4,11-15H2,1-3H3. The van der Waals surface area contributed by atoms with Crippen LogP contribution in [0.25, 0.3) is 0 Å². The van der Waals surface area contributed by atoms with E-state index in [1.807, 2.05) is 32.9 Å². The molecule has 0 bridgehead atoms. The van der Waals surface area contributed by atoms with Gasteiger partial charge in [-0.1, -0.05) is 24.6 Å². The highest BCUT2D eigenvalue weighted by molar-refractivity contribution is 7.89. The van der Waals surface area contributed by atoms with Gasteiger partial charge in [-0.15, -0.1) is 0 Å². The van der Waals surface area contributed by atoms with Crippen LogP contribution in [-0.2, 0) is 10.0 Å². The number of carbonyl (C=O) groups is 1. The molecule has 0 radical (unpaired) electrons. The van der Waals surface area contributed by atoms with Gasteiger partial charge in [0.25, 0.3) is 5.91 Å². The number of hydrogen-bond donors (Lipinski definition) is 0. The highest BCUT2D eigenvalue weighted by Crippen LogP contribution is 2.23. The molecule has 1 heterocycles. The van der Waals surface area contributed by atoms with Gasteiger partial charge < -0.3 is 9.64 Å². The van der Waals surface area contributed by atoms with Crippen molar-refractivity contribution in [2.24, 2.45) is 0 Å². The van der Waals surface area contributed by atoms with E-state index in [1.165, 1.54) is 4.31 Å². The minimum atomic E-state index is -3.56. The van der Waals surface area contributed by atoms with Crippen molar-refractivity contribution in [2.45, 2.75) is 32.1 Å². The normalized spacial score (nSPS) is 15.3. The van der Waals surface area contributed by atoms with E-state index in [9.17, 15) is 13.2 Å². The molecule has 2 aromatic rings. The fourth-order valence-corrected chi connectivity index (χ4v) is 5.08. The average molecular weight is 417 g/mol. The topological polar surface area (TPSA) is 66.9 Å². The quantitative estimate of drug-likeness (QED) is 0.725. The van der Waals surface area contributed by atoms with Gasteiger partial charge in [0, 0.05) is 31.7 Å². The second-order valence-corrected chi connectivity index (χ2v) is 9.24. The molecule has 0 unspecified atom stereocenters. The molecule has 1 aliphatic rings. The molecule has 2 aromatic carbocycles. The molecular weight excluding hydrogens is 388 g/mol. The molecule has 0 aliphatic carbocycles. The van der Waals surface area contributed by atoms with Crippen molar-refractivity contribution in [1.82, 2.24) is 9.21 Å². The third-order valence-electron chi connectivity index (χ3n) is 5.05. The van der Waals surface area contributed by atoms with Crippen molar-refractivity contribution >= 4 is 15.9 Å². The van der Waals surface area contributed by atoms with Gasteiger partial charge in [-0.3, -0.25) is 4.79 Å². The lowest BCUT2D eigenvalue weighted by atomic mass is 10.2. The van der Waals surface area contributed by atoms with Crippen molar-refractivity contribution in [2.75, 3.05) is 32.8 Å². The molecule has 1 fully saturated rings. The third-order valence-corrected chi connectivity index (χ3v) is 7.11. The first kappa shape index (κ1) is 21.3. The van der Waals surface area contributed by atoms with Crippen LogP contribution in [0.5, 0.6) is 5.75 Å². The summed E-state index contributed by atoms with van der Waals surface area (Å²) in [4.78, 5) is 14.8. The maximum atomic E-state index is 13.0. The minimum Gasteiger partial charge on any atom is -0.494 e. The van der Waals surface area contributed by atoms with Crippen molar-refractivity contribution in [1.29, 1.82) is 0 Å². The third kappa shape index (κ3) is 4.79. The lowest BCUT2D eigenvalue weighted by Gasteiger charge is -2.34. The summed E-state index contributed by atoms with van der Waals surface area (Å²) in [7, 11) is -3.56. The van der Waals surface area contributed by atoms with Crippen LogP contribution >= 0.6 is 0 Å². The van der Waals surface area contributed by atoms with E-state index in [-0.39, 0.29) is 5.91 Å². The molecule has 0 atom stereocenters. The Hall–Kier alpha value is -2.38. The Morgan fingerprint density at radius 2 is 1.66 bits per heavy atom. The van der Waals surface area contributed by atoms with Gasteiger partial charge in [-0.2, -0.15) is 4.31 Å². The highest BCUT2D eigenvalue weighted by atomic mass is 32.2. The van der Waals surface area contributed by atoms with E-state index in [1.54, 1.807) is 35.2 Å². The van der Waals surface area contributed by atoms with Crippen LogP contribution in [0.1, 0.15) is 34.8 Å². The number of hydrogen-bond acceptors (Lipinski definition) is 4. The van der Waals surface area contributed by atoms with Crippen LogP contribution in [0, 0.1) is 13.8 Å². The smallest absolute Gasteiger partial charge is 0.253 e. The van der Waals surface area contributed by atoms with Gasteiger partial charge in [0.2, 0.25) is 10.0 Å². The maximum absolute atomic E-state index is 13.0. The Labute approximate surface area is 173 Å². The van der Waals surface area contributed by atoms with Crippen molar-refractivity contribution in [3.8, 4) is 5.75 Å². The molecule has 7 heteroatoms. The van der Waals surface area contributed by atoms with Gasteiger partial charge in [-0.05, 0) is 56.2 Å². The second kappa shape index (κ2) is 8.97. The van der Waals surface area contributed by atoms with Crippen LogP contribution in [0.4, 0.5) is 0 Å². The monoisotopic (exact) mass is 416 g/mol. The van der Waals surface area contributed by atoms with E-state index in [0.717, 1.165) is 23.3 Å². The zero-order valence-corrected chi connectivity index (χ0v) is 18.0. The molecule has 156 valence electrons. The van der Waals surface area contributed by atoms with E-state index < -0.39 is 10.0 Å². The van der Waals surface area contributed by atoms with Crippen molar-refractivity contribution in [3.63, 3.8) is 0 Å². The molecule has 0 spiro atoms. The lowest BCUT2D eigenvalue weighted by molar-refractivity contribution is 0.0698. The van der Waals surface area contributed by atoms with Crippen LogP contribution in [0.3, 0.4) is 0 Å². The summed E-state index contributed by atoms with van der Waals surface area (Å²) in [6, 6.07) is 12.5. The van der Waals surface area contributed by atoms with Crippen LogP contribution in [0.15, 0.2) is 47.4 Å². The summed E-state index contributed by atoms with van der Waals surface area (Å²) in [5, 5.41) is 0. The number of rotatable bonds is 6. The zero-order valence-electron chi connectivity index (χ0n) is 17.2. The first-order chi connectivity index (χ1) is 13.8. The summed E-state index contributed by atoms with van der Waals surface area (Å²) in [5.41, 5.74) is 2.36. The molecule has 0 aromatic heterocycles. The van der Waals surface area contributed by atoms with Crippen LogP contribution in [-0.4, -0.2) is 56.3 Å². The fraction of sp³-hybridized carbons (Fsp3) is 0.409. The molecule has 0 saturated carbocycles. The zero-order chi connectivity index (χ0) is 21.0. The summed E-state index contributed by atoms with van der Waals surface area (Å²) in [6.07, 6.45) is 0.927. The number of amides is 1. The first-order valence-electron chi connectivity index (χ1n) is 9.92. The SMILES string of the molecule is CCCOc1ccc(C(=O)N2CCN(S(=O)(=O)c3ccc(C)cc3C)CC2)cc1. The summed E-state index contributed by atoms with van der Waals surface area (Å²) < 4.78 is 33.0. The second-order valence-electron chi connectivity index (χ2n) is 7.34.